The van der Waals surface area contributed by atoms with Gasteiger partial charge in [0.25, 0.3) is 0 Å². The summed E-state index contributed by atoms with van der Waals surface area (Å²) in [5, 5.41) is 2.11. The van der Waals surface area contributed by atoms with Crippen molar-refractivity contribution in [3.63, 3.8) is 0 Å². The number of hydrogen-bond acceptors (Lipinski definition) is 3. The van der Waals surface area contributed by atoms with Gasteiger partial charge in [-0.25, -0.2) is 8.42 Å². The number of nitrogens with one attached hydrogen (secondary N) is 1. The van der Waals surface area contributed by atoms with Gasteiger partial charge in [-0.15, -0.1) is 0 Å². The number of carbonyl (C=O) groups excluding carboxylic acids is 1. The van der Waals surface area contributed by atoms with E-state index in [9.17, 15) is 26.4 Å². The van der Waals surface area contributed by atoms with Crippen LogP contribution in [0.1, 0.15) is 33.3 Å². The van der Waals surface area contributed by atoms with E-state index in [0.717, 1.165) is 18.4 Å². The van der Waals surface area contributed by atoms with Crippen molar-refractivity contribution >= 4 is 33.2 Å². The second-order valence-electron chi connectivity index (χ2n) is 6.44. The molecule has 0 heterocycles. The van der Waals surface area contributed by atoms with Crippen LogP contribution in [-0.4, -0.2) is 32.7 Å². The molecule has 1 aromatic carbocycles. The molecule has 0 bridgehead atoms. The minimum atomic E-state index is -4.76. The van der Waals surface area contributed by atoms with Gasteiger partial charge in [0.1, 0.15) is 6.04 Å². The zero-order valence-electron chi connectivity index (χ0n) is 15.1. The Kier molecular flexibility index (Phi) is 6.98. The van der Waals surface area contributed by atoms with Gasteiger partial charge in [-0.2, -0.15) is 13.2 Å². The molecule has 2 atom stereocenters. The van der Waals surface area contributed by atoms with Crippen LogP contribution in [0.4, 0.5) is 18.9 Å². The maximum absolute atomic E-state index is 13.1. The average molecular weight is 415 g/mol. The Labute approximate surface area is 156 Å². The van der Waals surface area contributed by atoms with E-state index >= 15 is 0 Å². The van der Waals surface area contributed by atoms with Gasteiger partial charge in [0.05, 0.1) is 22.5 Å². The third-order valence-corrected chi connectivity index (χ3v) is 5.54. The van der Waals surface area contributed by atoms with Gasteiger partial charge in [0.15, 0.2) is 0 Å². The highest BCUT2D eigenvalue weighted by molar-refractivity contribution is 7.92. The second-order valence-corrected chi connectivity index (χ2v) is 8.70. The third-order valence-electron chi connectivity index (χ3n) is 3.97. The largest absolute Gasteiger partial charge is 0.417 e. The molecular weight excluding hydrogens is 393 g/mol. The van der Waals surface area contributed by atoms with Crippen LogP contribution in [0.5, 0.6) is 0 Å². The lowest BCUT2D eigenvalue weighted by Gasteiger charge is -2.30. The molecule has 0 unspecified atom stereocenters. The van der Waals surface area contributed by atoms with Crippen molar-refractivity contribution < 1.29 is 26.4 Å². The summed E-state index contributed by atoms with van der Waals surface area (Å²) in [6, 6.07) is 1.24. The topological polar surface area (TPSA) is 66.5 Å². The van der Waals surface area contributed by atoms with E-state index in [4.69, 9.17) is 11.6 Å². The van der Waals surface area contributed by atoms with Gasteiger partial charge in [0, 0.05) is 6.04 Å². The molecule has 148 valence electrons. The van der Waals surface area contributed by atoms with Crippen molar-refractivity contribution in [2.75, 3.05) is 10.6 Å². The number of sulfonamides is 1. The minimum Gasteiger partial charge on any atom is -0.352 e. The van der Waals surface area contributed by atoms with Crippen LogP contribution in [0, 0.1) is 5.92 Å². The number of rotatable bonds is 6. The number of alkyl halides is 3. The number of hydrogen-bond donors (Lipinski definition) is 1. The molecule has 26 heavy (non-hydrogen) atoms. The molecule has 0 saturated carbocycles. The zero-order valence-corrected chi connectivity index (χ0v) is 16.6. The van der Waals surface area contributed by atoms with Crippen molar-refractivity contribution in [2.24, 2.45) is 5.92 Å². The SMILES string of the molecule is CC(C)[C@@H](C)NC(=O)[C@H](C)N(c1ccc(Cl)c(C(F)(F)F)c1)S(C)(=O)=O. The number of nitrogens with zero attached hydrogens (tertiary/aromatic N) is 1. The van der Waals surface area contributed by atoms with Gasteiger partial charge < -0.3 is 5.32 Å². The first-order chi connectivity index (χ1) is 11.7. The summed E-state index contributed by atoms with van der Waals surface area (Å²) < 4.78 is 64.2. The monoisotopic (exact) mass is 414 g/mol. The summed E-state index contributed by atoms with van der Waals surface area (Å²) in [7, 11) is -4.03. The molecule has 0 fully saturated rings. The number of halogens is 4. The first kappa shape index (κ1) is 22.6. The number of benzene rings is 1. The maximum atomic E-state index is 13.1. The molecule has 0 saturated heterocycles. The van der Waals surface area contributed by atoms with Gasteiger partial charge in [-0.05, 0) is 38.0 Å². The summed E-state index contributed by atoms with van der Waals surface area (Å²) in [6.07, 6.45) is -3.93. The number of amides is 1. The van der Waals surface area contributed by atoms with Crippen LogP contribution in [0.2, 0.25) is 5.02 Å². The van der Waals surface area contributed by atoms with E-state index in [0.29, 0.717) is 10.4 Å². The standard InChI is InChI=1S/C16H22ClF3N2O3S/c1-9(2)10(3)21-15(23)11(4)22(26(5,24)25)12-6-7-14(17)13(8-12)16(18,19)20/h6-11H,1-5H3,(H,21,23)/t10-,11+/m1/s1. The number of anilines is 1. The molecule has 1 rings (SSSR count). The fourth-order valence-electron chi connectivity index (χ4n) is 2.19. The van der Waals surface area contributed by atoms with E-state index in [1.807, 2.05) is 13.8 Å². The normalized spacial score (nSPS) is 14.8. The summed E-state index contributed by atoms with van der Waals surface area (Å²) in [5.74, 6) is -0.509. The van der Waals surface area contributed by atoms with Crippen LogP contribution >= 0.6 is 11.6 Å². The fraction of sp³-hybridized carbons (Fsp3) is 0.562. The zero-order chi connectivity index (χ0) is 20.4. The molecule has 0 aliphatic heterocycles. The Morgan fingerprint density at radius 3 is 2.15 bits per heavy atom. The summed E-state index contributed by atoms with van der Waals surface area (Å²) >= 11 is 5.58. The van der Waals surface area contributed by atoms with Crippen LogP contribution in [0.3, 0.4) is 0 Å². The summed E-state index contributed by atoms with van der Waals surface area (Å²) in [5.41, 5.74) is -1.46. The average Bonchev–Trinajstić information content (AvgIpc) is 2.46. The molecule has 5 nitrogen and oxygen atoms in total. The fourth-order valence-corrected chi connectivity index (χ4v) is 3.58. The van der Waals surface area contributed by atoms with Gasteiger partial charge in [-0.1, -0.05) is 25.4 Å². The quantitative estimate of drug-likeness (QED) is 0.772. The van der Waals surface area contributed by atoms with Gasteiger partial charge >= 0.3 is 6.18 Å². The molecule has 0 aromatic heterocycles. The highest BCUT2D eigenvalue weighted by atomic mass is 35.5. The molecular formula is C16H22ClF3N2O3S. The predicted octanol–water partition coefficient (Wildman–Crippen LogP) is 3.67. The van der Waals surface area contributed by atoms with E-state index < -0.39 is 38.7 Å². The van der Waals surface area contributed by atoms with Crippen LogP contribution in [-0.2, 0) is 21.0 Å². The summed E-state index contributed by atoms with van der Waals surface area (Å²) in [6.45, 7) is 6.81. The molecule has 0 aliphatic rings. The van der Waals surface area contributed by atoms with Crippen LogP contribution in [0.15, 0.2) is 18.2 Å². The van der Waals surface area contributed by atoms with Crippen molar-refractivity contribution in [1.29, 1.82) is 0 Å². The maximum Gasteiger partial charge on any atom is 0.417 e. The lowest BCUT2D eigenvalue weighted by molar-refractivity contribution is -0.137. The highest BCUT2D eigenvalue weighted by Crippen LogP contribution is 2.37. The van der Waals surface area contributed by atoms with Crippen LogP contribution in [0.25, 0.3) is 0 Å². The van der Waals surface area contributed by atoms with E-state index in [2.05, 4.69) is 5.32 Å². The Bertz CT molecular complexity index is 766. The lowest BCUT2D eigenvalue weighted by Crippen LogP contribution is -2.50. The molecule has 1 aromatic rings. The van der Waals surface area contributed by atoms with Crippen molar-refractivity contribution in [2.45, 2.75) is 46.0 Å². The van der Waals surface area contributed by atoms with Crippen molar-refractivity contribution in [1.82, 2.24) is 5.32 Å². The first-order valence-corrected chi connectivity index (χ1v) is 10.1. The molecule has 1 amide bonds. The van der Waals surface area contributed by atoms with E-state index in [1.54, 1.807) is 6.92 Å². The smallest absolute Gasteiger partial charge is 0.352 e. The van der Waals surface area contributed by atoms with E-state index in [-0.39, 0.29) is 17.6 Å². The summed E-state index contributed by atoms with van der Waals surface area (Å²) in [4.78, 5) is 12.4. The number of carbonyl (C=O) groups is 1. The highest BCUT2D eigenvalue weighted by Gasteiger charge is 2.36. The first-order valence-electron chi connectivity index (χ1n) is 7.82. The Hall–Kier alpha value is -1.48. The van der Waals surface area contributed by atoms with Crippen molar-refractivity contribution in [3.05, 3.63) is 28.8 Å². The minimum absolute atomic E-state index is 0.102. The molecule has 1 N–H and O–H groups in total. The van der Waals surface area contributed by atoms with Crippen molar-refractivity contribution in [3.8, 4) is 0 Å². The second kappa shape index (κ2) is 8.04. The molecule has 0 spiro atoms. The van der Waals surface area contributed by atoms with Crippen LogP contribution < -0.4 is 9.62 Å². The van der Waals surface area contributed by atoms with E-state index in [1.165, 1.54) is 6.92 Å². The van der Waals surface area contributed by atoms with Gasteiger partial charge in [-0.3, -0.25) is 9.10 Å². The Morgan fingerprint density at radius 2 is 1.73 bits per heavy atom. The molecule has 0 radical (unpaired) electrons. The predicted molar refractivity (Wildman–Crippen MR) is 95.7 cm³/mol. The molecule has 10 heteroatoms. The Morgan fingerprint density at radius 1 is 1.19 bits per heavy atom. The molecule has 0 aliphatic carbocycles. The lowest BCUT2D eigenvalue weighted by atomic mass is 10.1. The third kappa shape index (κ3) is 5.51. The van der Waals surface area contributed by atoms with Gasteiger partial charge in [0.2, 0.25) is 15.9 Å². The Balaban J connectivity index is 3.35.